The fourth-order valence-corrected chi connectivity index (χ4v) is 4.20. The summed E-state index contributed by atoms with van der Waals surface area (Å²) >= 11 is 1.18. The summed E-state index contributed by atoms with van der Waals surface area (Å²) in [6.45, 7) is 1.21. The molecule has 1 aliphatic heterocycles. The van der Waals surface area contributed by atoms with Crippen LogP contribution in [-0.2, 0) is 11.3 Å². The molecule has 31 heavy (non-hydrogen) atoms. The highest BCUT2D eigenvalue weighted by molar-refractivity contribution is 7.99. The Bertz CT molecular complexity index is 1210. The summed E-state index contributed by atoms with van der Waals surface area (Å²) in [7, 11) is 0. The number of halogens is 3. The molecular formula is C19H16F3N7OS. The standard InChI is InChI=1S/C19H16F3N7OS/c20-12-5-3-11(4-6-12)17-24-26-19(28(17)10-13-2-1-9-30-13)31-15-8-7-14-23-25-18(16(21)22)29(14)27-15/h3-8,13,16H,1-2,9-10H2. The number of alkyl halides is 2. The first kappa shape index (κ1) is 19.9. The normalized spacial score (nSPS) is 16.6. The smallest absolute Gasteiger partial charge is 0.299 e. The summed E-state index contributed by atoms with van der Waals surface area (Å²) in [4.78, 5) is 0. The summed E-state index contributed by atoms with van der Waals surface area (Å²) in [5.74, 6) is -0.299. The first-order chi connectivity index (χ1) is 15.1. The Hall–Kier alpha value is -2.99. The van der Waals surface area contributed by atoms with Gasteiger partial charge in [-0.15, -0.1) is 20.4 Å². The van der Waals surface area contributed by atoms with Gasteiger partial charge in [-0.3, -0.25) is 4.57 Å². The molecule has 1 fully saturated rings. The van der Waals surface area contributed by atoms with E-state index in [0.29, 0.717) is 34.7 Å². The SMILES string of the molecule is Fc1ccc(-c2nnc(Sc3ccc4nnc(C(F)F)n4n3)n2CC2CCCO2)cc1. The third kappa shape index (κ3) is 4.00. The van der Waals surface area contributed by atoms with E-state index in [2.05, 4.69) is 25.5 Å². The fraction of sp³-hybridized carbons (Fsp3) is 0.316. The Kier molecular flexibility index (Phi) is 5.32. The molecular weight excluding hydrogens is 431 g/mol. The van der Waals surface area contributed by atoms with Crippen molar-refractivity contribution in [3.63, 3.8) is 0 Å². The van der Waals surface area contributed by atoms with Crippen LogP contribution in [0.4, 0.5) is 13.2 Å². The van der Waals surface area contributed by atoms with Gasteiger partial charge in [0.25, 0.3) is 6.43 Å². The largest absolute Gasteiger partial charge is 0.376 e. The molecule has 1 saturated heterocycles. The van der Waals surface area contributed by atoms with Crippen molar-refractivity contribution in [2.24, 2.45) is 0 Å². The lowest BCUT2D eigenvalue weighted by molar-refractivity contribution is 0.0953. The van der Waals surface area contributed by atoms with E-state index in [0.717, 1.165) is 17.4 Å². The van der Waals surface area contributed by atoms with E-state index >= 15 is 0 Å². The van der Waals surface area contributed by atoms with E-state index in [1.165, 1.54) is 23.9 Å². The minimum Gasteiger partial charge on any atom is -0.376 e. The van der Waals surface area contributed by atoms with Crippen molar-refractivity contribution >= 4 is 17.4 Å². The molecule has 4 aromatic rings. The highest BCUT2D eigenvalue weighted by Crippen LogP contribution is 2.30. The lowest BCUT2D eigenvalue weighted by Gasteiger charge is -2.14. The number of benzene rings is 1. The zero-order chi connectivity index (χ0) is 21.4. The van der Waals surface area contributed by atoms with Crippen LogP contribution >= 0.6 is 11.8 Å². The Morgan fingerprint density at radius 3 is 2.65 bits per heavy atom. The van der Waals surface area contributed by atoms with Crippen molar-refractivity contribution in [3.05, 3.63) is 48.0 Å². The molecule has 3 aromatic heterocycles. The topological polar surface area (TPSA) is 83.0 Å². The van der Waals surface area contributed by atoms with Gasteiger partial charge in [0.15, 0.2) is 16.6 Å². The van der Waals surface area contributed by atoms with Crippen LogP contribution in [0.25, 0.3) is 17.0 Å². The molecule has 1 aromatic carbocycles. The molecule has 8 nitrogen and oxygen atoms in total. The molecule has 1 unspecified atom stereocenters. The molecule has 0 N–H and O–H groups in total. The summed E-state index contributed by atoms with van der Waals surface area (Å²) in [6, 6.07) is 9.22. The quantitative estimate of drug-likeness (QED) is 0.445. The monoisotopic (exact) mass is 447 g/mol. The van der Waals surface area contributed by atoms with E-state index < -0.39 is 12.2 Å². The van der Waals surface area contributed by atoms with Crippen LogP contribution in [0.2, 0.25) is 0 Å². The van der Waals surface area contributed by atoms with E-state index in [1.807, 2.05) is 4.57 Å². The molecule has 0 amide bonds. The van der Waals surface area contributed by atoms with Crippen molar-refractivity contribution in [2.45, 2.75) is 42.1 Å². The minimum atomic E-state index is -2.80. The number of nitrogens with zero attached hydrogens (tertiary/aromatic N) is 7. The van der Waals surface area contributed by atoms with Crippen LogP contribution in [0.15, 0.2) is 46.6 Å². The highest BCUT2D eigenvalue weighted by Gasteiger charge is 2.23. The maximum atomic E-state index is 13.4. The molecule has 1 atom stereocenters. The zero-order valence-corrected chi connectivity index (χ0v) is 16.8. The highest BCUT2D eigenvalue weighted by atomic mass is 32.2. The van der Waals surface area contributed by atoms with Gasteiger partial charge in [-0.2, -0.15) is 9.61 Å². The van der Waals surface area contributed by atoms with E-state index in [-0.39, 0.29) is 17.6 Å². The maximum Gasteiger partial charge on any atom is 0.299 e. The van der Waals surface area contributed by atoms with Crippen LogP contribution in [0.1, 0.15) is 25.1 Å². The third-order valence-corrected chi connectivity index (χ3v) is 5.79. The molecule has 12 heteroatoms. The van der Waals surface area contributed by atoms with E-state index in [4.69, 9.17) is 4.74 Å². The molecule has 0 spiro atoms. The molecule has 0 radical (unpaired) electrons. The predicted molar refractivity (Wildman–Crippen MR) is 104 cm³/mol. The van der Waals surface area contributed by atoms with Gasteiger partial charge >= 0.3 is 0 Å². The first-order valence-corrected chi connectivity index (χ1v) is 10.4. The van der Waals surface area contributed by atoms with Gasteiger partial charge in [0.1, 0.15) is 10.8 Å². The van der Waals surface area contributed by atoms with E-state index in [1.54, 1.807) is 24.3 Å². The third-order valence-electron chi connectivity index (χ3n) is 4.88. The number of ether oxygens (including phenoxy) is 1. The minimum absolute atomic E-state index is 0.00766. The van der Waals surface area contributed by atoms with Gasteiger partial charge < -0.3 is 4.74 Å². The van der Waals surface area contributed by atoms with Gasteiger partial charge in [-0.1, -0.05) is 0 Å². The van der Waals surface area contributed by atoms with E-state index in [9.17, 15) is 13.2 Å². The summed E-state index contributed by atoms with van der Waals surface area (Å²) < 4.78 is 48.4. The van der Waals surface area contributed by atoms with Crippen LogP contribution in [0.3, 0.4) is 0 Å². The van der Waals surface area contributed by atoms with Crippen molar-refractivity contribution in [3.8, 4) is 11.4 Å². The average molecular weight is 447 g/mol. The summed E-state index contributed by atoms with van der Waals surface area (Å²) in [5, 5.41) is 20.9. The molecule has 1 aliphatic rings. The molecule has 0 saturated carbocycles. The second-order valence-corrected chi connectivity index (χ2v) is 7.95. The van der Waals surface area contributed by atoms with Gasteiger partial charge in [0.05, 0.1) is 12.6 Å². The number of hydrogen-bond acceptors (Lipinski definition) is 7. The molecule has 5 rings (SSSR count). The lowest BCUT2D eigenvalue weighted by Crippen LogP contribution is -2.16. The average Bonchev–Trinajstić information content (AvgIpc) is 3.50. The van der Waals surface area contributed by atoms with Crippen LogP contribution in [0, 0.1) is 5.82 Å². The van der Waals surface area contributed by atoms with Crippen LogP contribution < -0.4 is 0 Å². The number of rotatable bonds is 6. The van der Waals surface area contributed by atoms with Crippen molar-refractivity contribution in [1.82, 2.24) is 34.6 Å². The van der Waals surface area contributed by atoms with Gasteiger partial charge in [0.2, 0.25) is 5.82 Å². The Balaban J connectivity index is 1.51. The van der Waals surface area contributed by atoms with Gasteiger partial charge in [-0.25, -0.2) is 13.2 Å². The zero-order valence-electron chi connectivity index (χ0n) is 16.0. The summed E-state index contributed by atoms with van der Waals surface area (Å²) in [6.07, 6.45) is -0.902. The Morgan fingerprint density at radius 1 is 1.06 bits per heavy atom. The number of hydrogen-bond donors (Lipinski definition) is 0. The number of fused-ring (bicyclic) bond motifs is 1. The van der Waals surface area contributed by atoms with Crippen LogP contribution in [0.5, 0.6) is 0 Å². The van der Waals surface area contributed by atoms with Gasteiger partial charge in [0, 0.05) is 12.2 Å². The first-order valence-electron chi connectivity index (χ1n) is 9.57. The molecule has 0 aliphatic carbocycles. The van der Waals surface area contributed by atoms with Crippen LogP contribution in [-0.4, -0.2) is 47.3 Å². The van der Waals surface area contributed by atoms with Crippen molar-refractivity contribution < 1.29 is 17.9 Å². The molecule has 0 bridgehead atoms. The van der Waals surface area contributed by atoms with Gasteiger partial charge in [-0.05, 0) is 61.0 Å². The summed E-state index contributed by atoms with van der Waals surface area (Å²) in [5.41, 5.74) is 0.938. The Labute approximate surface area is 178 Å². The maximum absolute atomic E-state index is 13.4. The molecule has 160 valence electrons. The second-order valence-electron chi connectivity index (χ2n) is 6.96. The predicted octanol–water partition coefficient (Wildman–Crippen LogP) is 3.79. The fourth-order valence-electron chi connectivity index (χ4n) is 3.41. The Morgan fingerprint density at radius 2 is 1.90 bits per heavy atom. The van der Waals surface area contributed by atoms with Crippen molar-refractivity contribution in [1.29, 1.82) is 0 Å². The second kappa shape index (κ2) is 8.27. The number of aromatic nitrogens is 7. The van der Waals surface area contributed by atoms with Crippen molar-refractivity contribution in [2.75, 3.05) is 6.61 Å². The lowest BCUT2D eigenvalue weighted by atomic mass is 10.2. The molecule has 4 heterocycles.